The summed E-state index contributed by atoms with van der Waals surface area (Å²) in [6.45, 7) is 7.21. The monoisotopic (exact) mass is 271 g/mol. The largest absolute Gasteiger partial charge is 0.482 e. The van der Waals surface area contributed by atoms with Crippen molar-refractivity contribution < 1.29 is 19.1 Å². The fourth-order valence-corrected chi connectivity index (χ4v) is 1.75. The number of rotatable bonds is 6. The Bertz CT molecular complexity index is 563. The van der Waals surface area contributed by atoms with Crippen molar-refractivity contribution in [3.05, 3.63) is 66.4 Å². The highest BCUT2D eigenvalue weighted by Gasteiger charge is 2.36. The number of aromatic nitrogens is 1. The van der Waals surface area contributed by atoms with Gasteiger partial charge in [0.2, 0.25) is 17.3 Å². The number of ketones is 2. The van der Waals surface area contributed by atoms with Crippen LogP contribution in [0.4, 0.5) is 0 Å². The first kappa shape index (κ1) is 13.7. The van der Waals surface area contributed by atoms with Gasteiger partial charge in [0.1, 0.15) is 18.9 Å². The second-order valence-corrected chi connectivity index (χ2v) is 3.92. The van der Waals surface area contributed by atoms with Crippen molar-refractivity contribution in [3.63, 3.8) is 0 Å². The van der Waals surface area contributed by atoms with Gasteiger partial charge in [0, 0.05) is 6.20 Å². The first-order valence-corrected chi connectivity index (χ1v) is 5.96. The van der Waals surface area contributed by atoms with E-state index in [9.17, 15) is 9.59 Å². The molecule has 0 aliphatic heterocycles. The van der Waals surface area contributed by atoms with Crippen LogP contribution in [0.5, 0.6) is 0 Å². The van der Waals surface area contributed by atoms with Crippen molar-refractivity contribution >= 4 is 11.6 Å². The molecular weight excluding hydrogens is 258 g/mol. The molecule has 2 rings (SSSR count). The van der Waals surface area contributed by atoms with Crippen LogP contribution >= 0.6 is 0 Å². The number of fused-ring (bicyclic) bond motifs is 1. The Kier molecular flexibility index (Phi) is 4.10. The minimum absolute atomic E-state index is 0.0718. The predicted molar refractivity (Wildman–Crippen MR) is 72.2 cm³/mol. The van der Waals surface area contributed by atoms with E-state index < -0.39 is 11.6 Å². The van der Waals surface area contributed by atoms with Crippen LogP contribution in [0.2, 0.25) is 0 Å². The maximum Gasteiger partial charge on any atom is 0.250 e. The second-order valence-electron chi connectivity index (χ2n) is 3.92. The third-order valence-electron chi connectivity index (χ3n) is 2.58. The highest BCUT2D eigenvalue weighted by molar-refractivity contribution is 6.24. The normalized spacial score (nSPS) is 13.8. The Morgan fingerprint density at radius 3 is 2.25 bits per heavy atom. The second kappa shape index (κ2) is 5.97. The third-order valence-corrected chi connectivity index (χ3v) is 2.58. The molecule has 0 atom stereocenters. The zero-order chi connectivity index (χ0) is 14.5. The highest BCUT2D eigenvalue weighted by Crippen LogP contribution is 2.26. The van der Waals surface area contributed by atoms with E-state index in [1.807, 2.05) is 0 Å². The van der Waals surface area contributed by atoms with Crippen LogP contribution < -0.4 is 0 Å². The molecule has 0 amide bonds. The van der Waals surface area contributed by atoms with Gasteiger partial charge in [-0.1, -0.05) is 25.3 Å². The molecule has 1 aromatic heterocycles. The lowest BCUT2D eigenvalue weighted by molar-refractivity contribution is 0.0788. The molecule has 20 heavy (non-hydrogen) atoms. The van der Waals surface area contributed by atoms with Crippen LogP contribution in [-0.2, 0) is 9.47 Å². The van der Waals surface area contributed by atoms with Crippen LogP contribution in [0.25, 0.3) is 0 Å². The van der Waals surface area contributed by atoms with Crippen LogP contribution in [0.3, 0.4) is 0 Å². The summed E-state index contributed by atoms with van der Waals surface area (Å²) in [5.74, 6) is -1.14. The Hall–Kier alpha value is -2.69. The standard InChI is InChI=1S/C15H13NO4/c1-3-8-19-14-12(17)10-6-5-7-16-11(10)13(18)15(14)20-9-4-2/h3-7H,1-2,8-9H2. The lowest BCUT2D eigenvalue weighted by atomic mass is 9.97. The van der Waals surface area contributed by atoms with Crippen molar-refractivity contribution in [2.75, 3.05) is 13.2 Å². The van der Waals surface area contributed by atoms with Gasteiger partial charge in [-0.05, 0) is 12.1 Å². The minimum atomic E-state index is -0.471. The average molecular weight is 271 g/mol. The Labute approximate surface area is 116 Å². The van der Waals surface area contributed by atoms with Crippen molar-refractivity contribution in [2.45, 2.75) is 0 Å². The van der Waals surface area contributed by atoms with Gasteiger partial charge in [-0.25, -0.2) is 0 Å². The summed E-state index contributed by atoms with van der Waals surface area (Å²) < 4.78 is 10.6. The van der Waals surface area contributed by atoms with Gasteiger partial charge in [0.15, 0.2) is 0 Å². The number of nitrogens with zero attached hydrogens (tertiary/aromatic N) is 1. The Balaban J connectivity index is 2.48. The van der Waals surface area contributed by atoms with Gasteiger partial charge < -0.3 is 9.47 Å². The van der Waals surface area contributed by atoms with E-state index >= 15 is 0 Å². The molecule has 0 N–H and O–H groups in total. The van der Waals surface area contributed by atoms with Gasteiger partial charge in [-0.2, -0.15) is 0 Å². The molecule has 5 heteroatoms. The van der Waals surface area contributed by atoms with E-state index in [1.54, 1.807) is 6.07 Å². The van der Waals surface area contributed by atoms with Gasteiger partial charge in [0.05, 0.1) is 5.56 Å². The fourth-order valence-electron chi connectivity index (χ4n) is 1.75. The third kappa shape index (κ3) is 2.38. The SMILES string of the molecule is C=CCOC1=C(OCC=C)C(=O)c2ncccc2C1=O. The van der Waals surface area contributed by atoms with Crippen molar-refractivity contribution in [1.82, 2.24) is 4.98 Å². The summed E-state index contributed by atoms with van der Waals surface area (Å²) in [6.07, 6.45) is 4.41. The number of ether oxygens (including phenoxy) is 2. The van der Waals surface area contributed by atoms with Crippen molar-refractivity contribution in [3.8, 4) is 0 Å². The quantitative estimate of drug-likeness (QED) is 0.741. The molecule has 102 valence electrons. The molecule has 0 spiro atoms. The fraction of sp³-hybridized carbons (Fsp3) is 0.133. The first-order chi connectivity index (χ1) is 9.70. The molecule has 0 saturated carbocycles. The minimum Gasteiger partial charge on any atom is -0.482 e. The zero-order valence-corrected chi connectivity index (χ0v) is 10.8. The molecule has 1 aliphatic carbocycles. The van der Waals surface area contributed by atoms with Gasteiger partial charge >= 0.3 is 0 Å². The van der Waals surface area contributed by atoms with E-state index in [-0.39, 0.29) is 36.0 Å². The summed E-state index contributed by atoms with van der Waals surface area (Å²) in [5.41, 5.74) is 0.282. The highest BCUT2D eigenvalue weighted by atomic mass is 16.5. The van der Waals surface area contributed by atoms with Crippen molar-refractivity contribution in [1.29, 1.82) is 0 Å². The molecule has 0 aromatic carbocycles. The molecule has 1 aliphatic rings. The smallest absolute Gasteiger partial charge is 0.250 e. The molecule has 0 saturated heterocycles. The van der Waals surface area contributed by atoms with Gasteiger partial charge in [-0.3, -0.25) is 14.6 Å². The van der Waals surface area contributed by atoms with Crippen LogP contribution in [0.15, 0.2) is 55.2 Å². The van der Waals surface area contributed by atoms with Crippen LogP contribution in [0, 0.1) is 0 Å². The maximum atomic E-state index is 12.3. The molecule has 0 fully saturated rings. The van der Waals surface area contributed by atoms with Crippen LogP contribution in [-0.4, -0.2) is 29.8 Å². The number of pyridine rings is 1. The number of carbonyl (C=O) groups excluding carboxylic acids is 2. The predicted octanol–water partition coefficient (Wildman–Crippen LogP) is 2.08. The summed E-state index contributed by atoms with van der Waals surface area (Å²) in [6, 6.07) is 3.12. The van der Waals surface area contributed by atoms with E-state index in [1.165, 1.54) is 24.4 Å². The van der Waals surface area contributed by atoms with E-state index in [4.69, 9.17) is 9.47 Å². The zero-order valence-electron chi connectivity index (χ0n) is 10.8. The van der Waals surface area contributed by atoms with E-state index in [0.29, 0.717) is 0 Å². The molecule has 0 radical (unpaired) electrons. The molecular formula is C15H13NO4. The Morgan fingerprint density at radius 2 is 1.65 bits per heavy atom. The molecule has 1 heterocycles. The molecule has 1 aromatic rings. The van der Waals surface area contributed by atoms with E-state index in [0.717, 1.165) is 0 Å². The summed E-state index contributed by atoms with van der Waals surface area (Å²) >= 11 is 0. The lowest BCUT2D eigenvalue weighted by Gasteiger charge is -2.19. The first-order valence-electron chi connectivity index (χ1n) is 5.96. The van der Waals surface area contributed by atoms with E-state index in [2.05, 4.69) is 18.1 Å². The summed E-state index contributed by atoms with van der Waals surface area (Å²) in [5, 5.41) is 0. The van der Waals surface area contributed by atoms with Crippen molar-refractivity contribution in [2.24, 2.45) is 0 Å². The Morgan fingerprint density at radius 1 is 1.05 bits per heavy atom. The molecule has 0 bridgehead atoms. The maximum absolute atomic E-state index is 12.3. The average Bonchev–Trinajstić information content (AvgIpc) is 2.48. The van der Waals surface area contributed by atoms with Gasteiger partial charge in [-0.15, -0.1) is 0 Å². The van der Waals surface area contributed by atoms with Gasteiger partial charge in [0.25, 0.3) is 5.78 Å². The number of hydrogen-bond acceptors (Lipinski definition) is 5. The summed E-state index contributed by atoms with van der Waals surface area (Å²) in [4.78, 5) is 28.6. The number of hydrogen-bond donors (Lipinski definition) is 0. The van der Waals surface area contributed by atoms with Crippen LogP contribution in [0.1, 0.15) is 20.8 Å². The number of carbonyl (C=O) groups is 2. The molecule has 5 nitrogen and oxygen atoms in total. The number of allylic oxidation sites excluding steroid dienone is 2. The number of Topliss-reactive ketones (excluding diaryl/α,β-unsaturated/α-hetero) is 2. The topological polar surface area (TPSA) is 65.5 Å². The lowest BCUT2D eigenvalue weighted by Crippen LogP contribution is -2.26. The molecule has 0 unspecified atom stereocenters. The summed E-state index contributed by atoms with van der Waals surface area (Å²) in [7, 11) is 0.